The van der Waals surface area contributed by atoms with E-state index >= 15 is 0 Å². The molecule has 1 aromatic carbocycles. The second kappa shape index (κ2) is 5.50. The average Bonchev–Trinajstić information content (AvgIpc) is 2.26. The lowest BCUT2D eigenvalue weighted by Crippen LogP contribution is -2.46. The maximum atomic E-state index is 10.7. The van der Waals surface area contributed by atoms with Gasteiger partial charge in [0.15, 0.2) is 0 Å². The van der Waals surface area contributed by atoms with E-state index in [9.17, 15) is 9.90 Å². The van der Waals surface area contributed by atoms with E-state index in [4.69, 9.17) is 5.73 Å². The number of nitrogens with one attached hydrogen (secondary N) is 1. The first-order valence-corrected chi connectivity index (χ1v) is 6.33. The molecule has 1 amide bonds. The summed E-state index contributed by atoms with van der Waals surface area (Å²) < 4.78 is 0. The summed E-state index contributed by atoms with van der Waals surface area (Å²) >= 11 is 0. The van der Waals surface area contributed by atoms with E-state index in [0.29, 0.717) is 12.0 Å². The molecular formula is C14H20N2O2. The number of carbonyl (C=O) groups is 1. The number of aliphatic hydroxyl groups is 1. The van der Waals surface area contributed by atoms with E-state index < -0.39 is 12.0 Å². The minimum atomic E-state index is -1.08. The van der Waals surface area contributed by atoms with Crippen LogP contribution in [0.5, 0.6) is 0 Å². The molecule has 0 aliphatic heterocycles. The number of hydrogen-bond acceptors (Lipinski definition) is 3. The Kier molecular flexibility index (Phi) is 3.99. The zero-order valence-corrected chi connectivity index (χ0v) is 10.6. The van der Waals surface area contributed by atoms with Gasteiger partial charge in [-0.25, -0.2) is 0 Å². The van der Waals surface area contributed by atoms with Crippen molar-refractivity contribution in [1.29, 1.82) is 0 Å². The summed E-state index contributed by atoms with van der Waals surface area (Å²) in [6.07, 6.45) is 1.02. The highest BCUT2D eigenvalue weighted by Gasteiger charge is 2.30. The van der Waals surface area contributed by atoms with Crippen LogP contribution >= 0.6 is 0 Å². The molecule has 2 rings (SSSR count). The molecule has 1 saturated carbocycles. The van der Waals surface area contributed by atoms with Gasteiger partial charge < -0.3 is 16.2 Å². The average molecular weight is 248 g/mol. The molecule has 18 heavy (non-hydrogen) atoms. The Morgan fingerprint density at radius 1 is 1.56 bits per heavy atom. The van der Waals surface area contributed by atoms with Crippen molar-refractivity contribution in [3.8, 4) is 0 Å². The van der Waals surface area contributed by atoms with Crippen LogP contribution in [0.1, 0.15) is 29.9 Å². The topological polar surface area (TPSA) is 75.3 Å². The molecule has 98 valence electrons. The Hall–Kier alpha value is -1.39. The third-order valence-electron chi connectivity index (χ3n) is 3.58. The van der Waals surface area contributed by atoms with Crippen LogP contribution in [0.2, 0.25) is 0 Å². The number of nitrogens with two attached hydrogens (primary N) is 1. The number of aryl methyl sites for hydroxylation is 1. The van der Waals surface area contributed by atoms with Gasteiger partial charge in [0.25, 0.3) is 0 Å². The van der Waals surface area contributed by atoms with Crippen molar-refractivity contribution in [3.63, 3.8) is 0 Å². The molecule has 4 heteroatoms. The van der Waals surface area contributed by atoms with Gasteiger partial charge in [-0.3, -0.25) is 4.79 Å². The van der Waals surface area contributed by atoms with Gasteiger partial charge in [-0.2, -0.15) is 0 Å². The molecule has 0 spiro atoms. The smallest absolute Gasteiger partial charge is 0.247 e. The summed E-state index contributed by atoms with van der Waals surface area (Å²) in [5.74, 6) is -0.0785. The lowest BCUT2D eigenvalue weighted by molar-refractivity contribution is -0.125. The van der Waals surface area contributed by atoms with E-state index in [1.54, 1.807) is 0 Å². The van der Waals surface area contributed by atoms with Crippen molar-refractivity contribution in [2.75, 3.05) is 6.54 Å². The van der Waals surface area contributed by atoms with E-state index in [-0.39, 0.29) is 6.54 Å². The predicted octanol–water partition coefficient (Wildman–Crippen LogP) is 0.677. The third-order valence-corrected chi connectivity index (χ3v) is 3.58. The predicted molar refractivity (Wildman–Crippen MR) is 70.1 cm³/mol. The summed E-state index contributed by atoms with van der Waals surface area (Å²) in [6.45, 7) is 2.35. The van der Waals surface area contributed by atoms with Crippen molar-refractivity contribution < 1.29 is 9.90 Å². The lowest BCUT2D eigenvalue weighted by atomic mass is 9.75. The summed E-state index contributed by atoms with van der Waals surface area (Å²) in [5, 5.41) is 12.4. The molecule has 1 aromatic rings. The van der Waals surface area contributed by atoms with Crippen molar-refractivity contribution >= 4 is 5.91 Å². The zero-order valence-electron chi connectivity index (χ0n) is 10.6. The van der Waals surface area contributed by atoms with Crippen LogP contribution in [0.15, 0.2) is 24.3 Å². The number of aliphatic hydroxyl groups excluding tert-OH is 1. The van der Waals surface area contributed by atoms with E-state index in [0.717, 1.165) is 12.8 Å². The Bertz CT molecular complexity index is 428. The SMILES string of the molecule is Cc1cccc(C2CC(NCC(O)C(N)=O)C2)c1. The second-order valence-electron chi connectivity index (χ2n) is 5.11. The van der Waals surface area contributed by atoms with Crippen LogP contribution in [-0.2, 0) is 4.79 Å². The molecule has 4 nitrogen and oxygen atoms in total. The summed E-state index contributed by atoms with van der Waals surface area (Å²) in [4.78, 5) is 10.7. The minimum Gasteiger partial charge on any atom is -0.382 e. The van der Waals surface area contributed by atoms with Gasteiger partial charge >= 0.3 is 0 Å². The quantitative estimate of drug-likeness (QED) is 0.717. The highest BCUT2D eigenvalue weighted by Crippen LogP contribution is 2.36. The van der Waals surface area contributed by atoms with Crippen LogP contribution in [0, 0.1) is 6.92 Å². The maximum Gasteiger partial charge on any atom is 0.247 e. The fourth-order valence-corrected chi connectivity index (χ4v) is 2.36. The van der Waals surface area contributed by atoms with E-state index in [1.165, 1.54) is 11.1 Å². The first kappa shape index (κ1) is 13.1. The first-order valence-electron chi connectivity index (χ1n) is 6.33. The Morgan fingerprint density at radius 3 is 2.89 bits per heavy atom. The Balaban J connectivity index is 1.76. The standard InChI is InChI=1S/C14H20N2O2/c1-9-3-2-4-10(5-9)11-6-12(7-11)16-8-13(17)14(15)18/h2-5,11-13,16-17H,6-8H2,1H3,(H2,15,18). The van der Waals surface area contributed by atoms with Gasteiger partial charge in [0.2, 0.25) is 5.91 Å². The van der Waals surface area contributed by atoms with E-state index in [2.05, 4.69) is 36.5 Å². The third kappa shape index (κ3) is 3.09. The van der Waals surface area contributed by atoms with Crippen molar-refractivity contribution in [2.24, 2.45) is 5.73 Å². The number of amides is 1. The van der Waals surface area contributed by atoms with Crippen molar-refractivity contribution in [1.82, 2.24) is 5.32 Å². The van der Waals surface area contributed by atoms with Gasteiger partial charge in [0.1, 0.15) is 6.10 Å². The van der Waals surface area contributed by atoms with Crippen LogP contribution in [-0.4, -0.2) is 29.7 Å². The summed E-state index contributed by atoms with van der Waals surface area (Å²) in [7, 11) is 0. The first-order chi connectivity index (χ1) is 8.56. The van der Waals surface area contributed by atoms with Gasteiger partial charge in [0.05, 0.1) is 0 Å². The molecule has 0 heterocycles. The zero-order chi connectivity index (χ0) is 13.1. The molecule has 0 bridgehead atoms. The number of hydrogen-bond donors (Lipinski definition) is 3. The van der Waals surface area contributed by atoms with Gasteiger partial charge in [-0.05, 0) is 31.2 Å². The van der Waals surface area contributed by atoms with Crippen molar-refractivity contribution in [3.05, 3.63) is 35.4 Å². The maximum absolute atomic E-state index is 10.7. The number of benzene rings is 1. The van der Waals surface area contributed by atoms with Gasteiger partial charge in [-0.1, -0.05) is 29.8 Å². The largest absolute Gasteiger partial charge is 0.382 e. The molecule has 1 unspecified atom stereocenters. The fourth-order valence-electron chi connectivity index (χ4n) is 2.36. The number of primary amides is 1. The van der Waals surface area contributed by atoms with Crippen LogP contribution in [0.3, 0.4) is 0 Å². The molecule has 0 saturated heterocycles. The monoisotopic (exact) mass is 248 g/mol. The number of rotatable bonds is 5. The molecule has 4 N–H and O–H groups in total. The molecule has 1 aliphatic carbocycles. The molecule has 1 atom stereocenters. The number of carbonyl (C=O) groups excluding carboxylic acids is 1. The van der Waals surface area contributed by atoms with Crippen LogP contribution in [0.4, 0.5) is 0 Å². The fraction of sp³-hybridized carbons (Fsp3) is 0.500. The molecule has 0 aromatic heterocycles. The molecular weight excluding hydrogens is 228 g/mol. The van der Waals surface area contributed by atoms with Crippen molar-refractivity contribution in [2.45, 2.75) is 37.8 Å². The Labute approximate surface area is 107 Å². The highest BCUT2D eigenvalue weighted by atomic mass is 16.3. The van der Waals surface area contributed by atoms with Gasteiger partial charge in [-0.15, -0.1) is 0 Å². The van der Waals surface area contributed by atoms with Crippen LogP contribution < -0.4 is 11.1 Å². The van der Waals surface area contributed by atoms with Crippen LogP contribution in [0.25, 0.3) is 0 Å². The molecule has 1 fully saturated rings. The summed E-state index contributed by atoms with van der Waals surface area (Å²) in [6, 6.07) is 8.94. The lowest BCUT2D eigenvalue weighted by Gasteiger charge is -2.36. The van der Waals surface area contributed by atoms with E-state index in [1.807, 2.05) is 0 Å². The normalized spacial score (nSPS) is 24.3. The second-order valence-corrected chi connectivity index (χ2v) is 5.11. The minimum absolute atomic E-state index is 0.251. The summed E-state index contributed by atoms with van der Waals surface area (Å²) in [5.41, 5.74) is 7.65. The molecule has 0 radical (unpaired) electrons. The highest BCUT2D eigenvalue weighted by molar-refractivity contribution is 5.78. The Morgan fingerprint density at radius 2 is 2.28 bits per heavy atom. The van der Waals surface area contributed by atoms with Gasteiger partial charge in [0, 0.05) is 12.6 Å². The molecule has 1 aliphatic rings.